The van der Waals surface area contributed by atoms with Crippen LogP contribution in [0.15, 0.2) is 42.5 Å². The Kier molecular flexibility index (Phi) is 8.21. The minimum atomic E-state index is -4.47. The van der Waals surface area contributed by atoms with Gasteiger partial charge in [-0.05, 0) is 49.2 Å². The van der Waals surface area contributed by atoms with Crippen molar-refractivity contribution in [3.63, 3.8) is 0 Å². The Morgan fingerprint density at radius 3 is 2.23 bits per heavy atom. The molecule has 0 saturated carbocycles. The number of carbonyl (C=O) groups is 3. The molecule has 2 amide bonds. The number of halogens is 3. The van der Waals surface area contributed by atoms with E-state index in [2.05, 4.69) is 5.32 Å². The van der Waals surface area contributed by atoms with Gasteiger partial charge in [-0.2, -0.15) is 13.2 Å². The second-order valence-corrected chi connectivity index (χ2v) is 7.86. The fourth-order valence-corrected chi connectivity index (χ4v) is 3.65. The molecule has 3 rings (SSSR count). The van der Waals surface area contributed by atoms with Crippen molar-refractivity contribution in [1.82, 2.24) is 4.90 Å². The number of likely N-dealkylation sites (tertiary alicyclic amines) is 1. The Hall–Kier alpha value is -3.76. The molecule has 2 aromatic rings. The van der Waals surface area contributed by atoms with Crippen LogP contribution in [0.25, 0.3) is 0 Å². The number of anilines is 1. The molecule has 1 aliphatic heterocycles. The van der Waals surface area contributed by atoms with Gasteiger partial charge in [0.2, 0.25) is 0 Å². The van der Waals surface area contributed by atoms with Crippen LogP contribution >= 0.6 is 0 Å². The van der Waals surface area contributed by atoms with Crippen LogP contribution in [0.3, 0.4) is 0 Å². The van der Waals surface area contributed by atoms with Gasteiger partial charge in [-0.3, -0.25) is 14.4 Å². The summed E-state index contributed by atoms with van der Waals surface area (Å²) in [4.78, 5) is 38.7. The molecule has 0 bridgehead atoms. The largest absolute Gasteiger partial charge is 0.497 e. The van der Waals surface area contributed by atoms with E-state index in [-0.39, 0.29) is 18.7 Å². The van der Waals surface area contributed by atoms with Crippen molar-refractivity contribution < 1.29 is 41.8 Å². The van der Waals surface area contributed by atoms with Crippen LogP contribution in [0.2, 0.25) is 0 Å². The summed E-state index contributed by atoms with van der Waals surface area (Å²) in [5.74, 6) is -1.06. The molecule has 1 heterocycles. The molecule has 11 heteroatoms. The maximum Gasteiger partial charge on any atom is 0.416 e. The number of ether oxygens (including phenoxy) is 3. The number of esters is 1. The first kappa shape index (κ1) is 25.9. The third-order valence-corrected chi connectivity index (χ3v) is 5.60. The lowest BCUT2D eigenvalue weighted by Gasteiger charge is -2.31. The zero-order valence-electron chi connectivity index (χ0n) is 19.2. The van der Waals surface area contributed by atoms with Gasteiger partial charge in [0.1, 0.15) is 11.5 Å². The molecule has 8 nitrogen and oxygen atoms in total. The van der Waals surface area contributed by atoms with E-state index in [1.54, 1.807) is 18.2 Å². The fraction of sp³-hybridized carbons (Fsp3) is 0.375. The average Bonchev–Trinajstić information content (AvgIpc) is 2.86. The van der Waals surface area contributed by atoms with Gasteiger partial charge in [0.25, 0.3) is 11.8 Å². The molecule has 1 saturated heterocycles. The van der Waals surface area contributed by atoms with E-state index in [4.69, 9.17) is 14.2 Å². The summed E-state index contributed by atoms with van der Waals surface area (Å²) in [6.07, 6.45) is -3.84. The van der Waals surface area contributed by atoms with Gasteiger partial charge >= 0.3 is 12.1 Å². The molecule has 0 aromatic heterocycles. The molecule has 0 radical (unpaired) electrons. The van der Waals surface area contributed by atoms with Gasteiger partial charge in [-0.15, -0.1) is 0 Å². The number of amides is 2. The van der Waals surface area contributed by atoms with Crippen LogP contribution in [0, 0.1) is 5.92 Å². The monoisotopic (exact) mass is 494 g/mol. The van der Waals surface area contributed by atoms with Crippen LogP contribution < -0.4 is 14.8 Å². The van der Waals surface area contributed by atoms with Gasteiger partial charge in [-0.1, -0.05) is 0 Å². The van der Waals surface area contributed by atoms with Gasteiger partial charge in [-0.25, -0.2) is 0 Å². The topological polar surface area (TPSA) is 94.2 Å². The number of piperidine rings is 1. The summed E-state index contributed by atoms with van der Waals surface area (Å²) in [6.45, 7) is 0.00243. The van der Waals surface area contributed by atoms with Gasteiger partial charge < -0.3 is 24.4 Å². The predicted octanol–water partition coefficient (Wildman–Crippen LogP) is 3.76. The van der Waals surface area contributed by atoms with Crippen molar-refractivity contribution in [2.24, 2.45) is 5.92 Å². The number of methoxy groups -OCH3 is 2. The zero-order chi connectivity index (χ0) is 25.6. The second kappa shape index (κ2) is 11.1. The zero-order valence-corrected chi connectivity index (χ0v) is 19.2. The number of hydrogen-bond donors (Lipinski definition) is 1. The van der Waals surface area contributed by atoms with Crippen molar-refractivity contribution >= 4 is 23.5 Å². The number of nitrogens with one attached hydrogen (secondary N) is 1. The van der Waals surface area contributed by atoms with Crippen LogP contribution in [0.5, 0.6) is 11.5 Å². The van der Waals surface area contributed by atoms with E-state index in [1.165, 1.54) is 19.1 Å². The normalized spacial score (nSPS) is 14.3. The number of hydrogen-bond acceptors (Lipinski definition) is 6. The lowest BCUT2D eigenvalue weighted by molar-refractivity contribution is -0.152. The molecule has 2 aromatic carbocycles. The van der Waals surface area contributed by atoms with Crippen molar-refractivity contribution in [3.8, 4) is 11.5 Å². The minimum Gasteiger partial charge on any atom is -0.497 e. The Morgan fingerprint density at radius 2 is 1.66 bits per heavy atom. The van der Waals surface area contributed by atoms with Gasteiger partial charge in [0.15, 0.2) is 6.61 Å². The highest BCUT2D eigenvalue weighted by molar-refractivity contribution is 5.95. The third kappa shape index (κ3) is 6.65. The number of alkyl halides is 3. The molecular formula is C24H25F3N2O6. The SMILES string of the molecule is COc1ccc(NC(=O)COC(=O)C2CCN(C(=O)c3ccc(C(F)(F)F)cc3)CC2)c(OC)c1. The second-order valence-electron chi connectivity index (χ2n) is 7.86. The molecule has 0 atom stereocenters. The Balaban J connectivity index is 1.46. The van der Waals surface area contributed by atoms with E-state index < -0.39 is 42.0 Å². The molecule has 35 heavy (non-hydrogen) atoms. The van der Waals surface area contributed by atoms with Crippen molar-refractivity contribution in [1.29, 1.82) is 0 Å². The maximum atomic E-state index is 12.7. The maximum absolute atomic E-state index is 12.7. The van der Waals surface area contributed by atoms with E-state index in [0.717, 1.165) is 24.3 Å². The van der Waals surface area contributed by atoms with Gasteiger partial charge in [0, 0.05) is 24.7 Å². The predicted molar refractivity (Wildman–Crippen MR) is 119 cm³/mol. The summed E-state index contributed by atoms with van der Waals surface area (Å²) < 4.78 is 53.6. The molecular weight excluding hydrogens is 469 g/mol. The summed E-state index contributed by atoms with van der Waals surface area (Å²) in [6, 6.07) is 8.85. The highest BCUT2D eigenvalue weighted by Crippen LogP contribution is 2.30. The number of carbonyl (C=O) groups excluding carboxylic acids is 3. The molecule has 0 aliphatic carbocycles. The highest BCUT2D eigenvalue weighted by Gasteiger charge is 2.32. The summed E-state index contributed by atoms with van der Waals surface area (Å²) in [7, 11) is 2.95. The lowest BCUT2D eigenvalue weighted by atomic mass is 9.96. The lowest BCUT2D eigenvalue weighted by Crippen LogP contribution is -2.41. The minimum absolute atomic E-state index is 0.143. The summed E-state index contributed by atoms with van der Waals surface area (Å²) in [5, 5.41) is 2.60. The fourth-order valence-electron chi connectivity index (χ4n) is 3.65. The van der Waals surface area contributed by atoms with Crippen LogP contribution in [-0.4, -0.2) is 56.6 Å². The highest BCUT2D eigenvalue weighted by atomic mass is 19.4. The first-order valence-electron chi connectivity index (χ1n) is 10.8. The van der Waals surface area contributed by atoms with Crippen LogP contribution in [-0.2, 0) is 20.5 Å². The van der Waals surface area contributed by atoms with Crippen LogP contribution in [0.1, 0.15) is 28.8 Å². The Bertz CT molecular complexity index is 1060. The first-order chi connectivity index (χ1) is 16.6. The quantitative estimate of drug-likeness (QED) is 0.590. The molecule has 0 spiro atoms. The third-order valence-electron chi connectivity index (χ3n) is 5.60. The molecule has 188 valence electrons. The first-order valence-corrected chi connectivity index (χ1v) is 10.8. The van der Waals surface area contributed by atoms with E-state index in [0.29, 0.717) is 30.0 Å². The Morgan fingerprint density at radius 1 is 1.00 bits per heavy atom. The standard InChI is InChI=1S/C24H25F3N2O6/c1-33-18-7-8-19(20(13-18)34-2)28-21(30)14-35-23(32)16-9-11-29(12-10-16)22(31)15-3-5-17(6-4-15)24(25,26)27/h3-8,13,16H,9-12,14H2,1-2H3,(H,28,30). The number of benzene rings is 2. The van der Waals surface area contributed by atoms with Crippen LogP contribution in [0.4, 0.5) is 18.9 Å². The Labute approximate surface area is 199 Å². The molecule has 0 unspecified atom stereocenters. The van der Waals surface area contributed by atoms with E-state index in [9.17, 15) is 27.6 Å². The van der Waals surface area contributed by atoms with Crippen molar-refractivity contribution in [2.75, 3.05) is 39.2 Å². The number of nitrogens with zero attached hydrogens (tertiary/aromatic N) is 1. The molecule has 1 N–H and O–H groups in total. The molecule has 1 aliphatic rings. The summed E-state index contributed by atoms with van der Waals surface area (Å²) in [5.41, 5.74) is -0.293. The van der Waals surface area contributed by atoms with Crippen molar-refractivity contribution in [3.05, 3.63) is 53.6 Å². The smallest absolute Gasteiger partial charge is 0.416 e. The average molecular weight is 494 g/mol. The van der Waals surface area contributed by atoms with E-state index in [1.807, 2.05) is 0 Å². The summed E-state index contributed by atoms with van der Waals surface area (Å²) >= 11 is 0. The molecule has 1 fully saturated rings. The van der Waals surface area contributed by atoms with Crippen molar-refractivity contribution in [2.45, 2.75) is 19.0 Å². The number of rotatable bonds is 7. The van der Waals surface area contributed by atoms with Gasteiger partial charge in [0.05, 0.1) is 31.4 Å². The van der Waals surface area contributed by atoms with E-state index >= 15 is 0 Å².